The molecular formula is C27H39N5O4S. The Kier molecular flexibility index (Phi) is 10.6. The molecule has 37 heavy (non-hydrogen) atoms. The monoisotopic (exact) mass is 529 g/mol. The fourth-order valence-electron chi connectivity index (χ4n) is 4.01. The molecule has 0 fully saturated rings. The second-order valence-electron chi connectivity index (χ2n) is 9.04. The smallest absolute Gasteiger partial charge is 0.268 e. The molecule has 0 radical (unpaired) electrons. The lowest BCUT2D eigenvalue weighted by Gasteiger charge is -2.17. The third-order valence-electron chi connectivity index (χ3n) is 6.24. The Morgan fingerprint density at radius 3 is 2.65 bits per heavy atom. The van der Waals surface area contributed by atoms with E-state index >= 15 is 0 Å². The summed E-state index contributed by atoms with van der Waals surface area (Å²) in [7, 11) is 0. The highest BCUT2D eigenvalue weighted by molar-refractivity contribution is 7.15. The van der Waals surface area contributed by atoms with E-state index in [1.54, 1.807) is 11.3 Å². The molecule has 4 N–H and O–H groups in total. The Bertz CT molecular complexity index is 1170. The standard InChI is InChI=1S/C27H39N5O4S/c1-6-19-13-20(11-18(5)25(19)35-16-21(33)14-29-24(34)9-10-28)26-30-27(36-31-26)22-12-17(4)23(37-22)15-32(7-2)8-3/h11-13,21,33H,6-10,14-16,28H2,1-5H3,(H,29,34). The lowest BCUT2D eigenvalue weighted by atomic mass is 10.0. The number of thiophene rings is 1. The number of nitrogens with two attached hydrogens (primary N) is 1. The van der Waals surface area contributed by atoms with Crippen molar-refractivity contribution in [2.24, 2.45) is 5.73 Å². The van der Waals surface area contributed by atoms with Gasteiger partial charge in [-0.3, -0.25) is 9.69 Å². The maximum absolute atomic E-state index is 11.6. The highest BCUT2D eigenvalue weighted by Crippen LogP contribution is 2.34. The van der Waals surface area contributed by atoms with Crippen LogP contribution in [-0.4, -0.2) is 64.9 Å². The number of carbonyl (C=O) groups excluding carboxylic acids is 1. The quantitative estimate of drug-likeness (QED) is 0.289. The van der Waals surface area contributed by atoms with Gasteiger partial charge in [-0.2, -0.15) is 4.98 Å². The number of nitrogens with one attached hydrogen (secondary N) is 1. The number of hydrogen-bond donors (Lipinski definition) is 3. The number of hydrogen-bond acceptors (Lipinski definition) is 9. The summed E-state index contributed by atoms with van der Waals surface area (Å²) in [5, 5.41) is 17.1. The zero-order valence-electron chi connectivity index (χ0n) is 22.5. The Labute approximate surface area is 223 Å². The van der Waals surface area contributed by atoms with Gasteiger partial charge in [-0.25, -0.2) is 0 Å². The third kappa shape index (κ3) is 7.61. The number of aliphatic hydroxyl groups excluding tert-OH is 1. The molecule has 0 aliphatic carbocycles. The first-order valence-corrected chi connectivity index (χ1v) is 13.7. The van der Waals surface area contributed by atoms with E-state index in [0.29, 0.717) is 11.7 Å². The molecule has 0 saturated heterocycles. The molecule has 1 aromatic carbocycles. The van der Waals surface area contributed by atoms with E-state index in [-0.39, 0.29) is 32.0 Å². The second kappa shape index (κ2) is 13.7. The molecule has 0 saturated carbocycles. The van der Waals surface area contributed by atoms with Crippen molar-refractivity contribution in [3.63, 3.8) is 0 Å². The molecule has 1 unspecified atom stereocenters. The molecule has 202 valence electrons. The number of amides is 1. The summed E-state index contributed by atoms with van der Waals surface area (Å²) >= 11 is 1.70. The Balaban J connectivity index is 1.72. The van der Waals surface area contributed by atoms with Crippen LogP contribution in [0, 0.1) is 13.8 Å². The molecule has 1 amide bonds. The Hall–Kier alpha value is -2.79. The molecule has 0 aliphatic rings. The van der Waals surface area contributed by atoms with Crippen LogP contribution in [0.15, 0.2) is 22.7 Å². The number of nitrogens with zero attached hydrogens (tertiary/aromatic N) is 3. The van der Waals surface area contributed by atoms with Crippen LogP contribution in [0.5, 0.6) is 5.75 Å². The molecule has 2 heterocycles. The van der Waals surface area contributed by atoms with Gasteiger partial charge in [-0.1, -0.05) is 25.9 Å². The topological polar surface area (TPSA) is 127 Å². The molecule has 0 bridgehead atoms. The predicted octanol–water partition coefficient (Wildman–Crippen LogP) is 3.69. The van der Waals surface area contributed by atoms with Gasteiger partial charge in [0, 0.05) is 36.5 Å². The van der Waals surface area contributed by atoms with Crippen LogP contribution in [-0.2, 0) is 17.8 Å². The highest BCUT2D eigenvalue weighted by atomic mass is 32.1. The molecule has 2 aromatic heterocycles. The van der Waals surface area contributed by atoms with Crippen molar-refractivity contribution < 1.29 is 19.2 Å². The molecular weight excluding hydrogens is 490 g/mol. The summed E-state index contributed by atoms with van der Waals surface area (Å²) in [6, 6.07) is 6.08. The number of rotatable bonds is 14. The fraction of sp³-hybridized carbons (Fsp3) is 0.519. The van der Waals surface area contributed by atoms with E-state index in [1.807, 2.05) is 26.0 Å². The highest BCUT2D eigenvalue weighted by Gasteiger charge is 2.18. The first-order chi connectivity index (χ1) is 17.8. The van der Waals surface area contributed by atoms with Gasteiger partial charge in [0.15, 0.2) is 0 Å². The summed E-state index contributed by atoms with van der Waals surface area (Å²) in [6.07, 6.45) is 0.137. The van der Waals surface area contributed by atoms with Crippen LogP contribution < -0.4 is 15.8 Å². The maximum Gasteiger partial charge on any atom is 0.268 e. The summed E-state index contributed by atoms with van der Waals surface area (Å²) in [6.45, 7) is 13.9. The van der Waals surface area contributed by atoms with Crippen LogP contribution >= 0.6 is 11.3 Å². The van der Waals surface area contributed by atoms with Gasteiger partial charge in [0.2, 0.25) is 11.7 Å². The number of aryl methyl sites for hydroxylation is 3. The van der Waals surface area contributed by atoms with Crippen molar-refractivity contribution in [1.82, 2.24) is 20.4 Å². The van der Waals surface area contributed by atoms with Crippen LogP contribution in [0.1, 0.15) is 48.8 Å². The summed E-state index contributed by atoms with van der Waals surface area (Å²) in [5.74, 6) is 1.58. The van der Waals surface area contributed by atoms with Gasteiger partial charge in [0.1, 0.15) is 18.5 Å². The van der Waals surface area contributed by atoms with Crippen molar-refractivity contribution in [2.75, 3.05) is 32.8 Å². The van der Waals surface area contributed by atoms with Crippen LogP contribution in [0.25, 0.3) is 22.2 Å². The fourth-order valence-corrected chi connectivity index (χ4v) is 5.15. The van der Waals surface area contributed by atoms with E-state index in [2.05, 4.69) is 42.2 Å². The van der Waals surface area contributed by atoms with Crippen LogP contribution in [0.3, 0.4) is 0 Å². The number of carbonyl (C=O) groups is 1. The molecule has 1 atom stereocenters. The first-order valence-electron chi connectivity index (χ1n) is 12.9. The summed E-state index contributed by atoms with van der Waals surface area (Å²) < 4.78 is 11.6. The molecule has 0 spiro atoms. The number of ether oxygens (including phenoxy) is 1. The zero-order chi connectivity index (χ0) is 26.9. The Morgan fingerprint density at radius 2 is 1.97 bits per heavy atom. The van der Waals surface area contributed by atoms with Gasteiger partial charge in [-0.15, -0.1) is 11.3 Å². The van der Waals surface area contributed by atoms with Gasteiger partial charge in [0.05, 0.1) is 4.88 Å². The van der Waals surface area contributed by atoms with E-state index in [0.717, 1.165) is 53.4 Å². The van der Waals surface area contributed by atoms with Crippen LogP contribution in [0.4, 0.5) is 0 Å². The first kappa shape index (κ1) is 28.8. The van der Waals surface area contributed by atoms with E-state index < -0.39 is 6.10 Å². The lowest BCUT2D eigenvalue weighted by Crippen LogP contribution is -2.36. The molecule has 3 rings (SSSR count). The summed E-state index contributed by atoms with van der Waals surface area (Å²) in [5.41, 5.74) is 9.35. The SMILES string of the molecule is CCc1cc(-c2noc(-c3cc(C)c(CN(CC)CC)s3)n2)cc(C)c1OCC(O)CNC(=O)CCN. The Morgan fingerprint density at radius 1 is 1.22 bits per heavy atom. The van der Waals surface area contributed by atoms with Crippen molar-refractivity contribution in [3.05, 3.63) is 39.8 Å². The number of benzene rings is 1. The zero-order valence-corrected chi connectivity index (χ0v) is 23.3. The minimum atomic E-state index is -0.828. The van der Waals surface area contributed by atoms with Crippen molar-refractivity contribution in [3.8, 4) is 27.9 Å². The summed E-state index contributed by atoms with van der Waals surface area (Å²) in [4.78, 5) is 20.9. The average Bonchev–Trinajstić information content (AvgIpc) is 3.52. The van der Waals surface area contributed by atoms with Gasteiger partial charge < -0.3 is 25.4 Å². The number of aliphatic hydroxyl groups is 1. The van der Waals surface area contributed by atoms with E-state index in [4.69, 9.17) is 20.0 Å². The average molecular weight is 530 g/mol. The molecule has 9 nitrogen and oxygen atoms in total. The second-order valence-corrected chi connectivity index (χ2v) is 10.2. The third-order valence-corrected chi connectivity index (χ3v) is 7.45. The van der Waals surface area contributed by atoms with Gasteiger partial charge >= 0.3 is 0 Å². The normalized spacial score (nSPS) is 12.2. The van der Waals surface area contributed by atoms with Gasteiger partial charge in [0.25, 0.3) is 5.89 Å². The minimum Gasteiger partial charge on any atom is -0.490 e. The maximum atomic E-state index is 11.6. The van der Waals surface area contributed by atoms with E-state index in [1.165, 1.54) is 10.4 Å². The predicted molar refractivity (Wildman–Crippen MR) is 147 cm³/mol. The molecule has 3 aromatic rings. The largest absolute Gasteiger partial charge is 0.490 e. The number of aromatic nitrogens is 2. The van der Waals surface area contributed by atoms with E-state index in [9.17, 15) is 9.90 Å². The lowest BCUT2D eigenvalue weighted by molar-refractivity contribution is -0.121. The molecule has 0 aliphatic heterocycles. The van der Waals surface area contributed by atoms with Crippen molar-refractivity contribution >= 4 is 17.2 Å². The van der Waals surface area contributed by atoms with Gasteiger partial charge in [-0.05, 0) is 68.2 Å². The van der Waals surface area contributed by atoms with Crippen molar-refractivity contribution in [2.45, 2.75) is 60.1 Å². The molecule has 10 heteroatoms. The minimum absolute atomic E-state index is 0.0655. The van der Waals surface area contributed by atoms with Crippen LogP contribution in [0.2, 0.25) is 0 Å². The van der Waals surface area contributed by atoms with Crippen molar-refractivity contribution in [1.29, 1.82) is 0 Å².